The van der Waals surface area contributed by atoms with Gasteiger partial charge in [0.05, 0.1) is 12.1 Å². The van der Waals surface area contributed by atoms with Gasteiger partial charge in [0.15, 0.2) is 0 Å². The SMILES string of the molecule is CC(=O)Oc1ccc(N2C(=O)CC(N(CCc3cccc(Cl)c3)C(C)=O)C2=O)cc1. The first-order valence-corrected chi connectivity index (χ1v) is 9.81. The minimum Gasteiger partial charge on any atom is -0.427 e. The number of carbonyl (C=O) groups is 4. The molecule has 1 aliphatic rings. The van der Waals surface area contributed by atoms with Gasteiger partial charge in [-0.05, 0) is 48.4 Å². The van der Waals surface area contributed by atoms with Gasteiger partial charge in [-0.25, -0.2) is 4.90 Å². The van der Waals surface area contributed by atoms with Gasteiger partial charge in [0.25, 0.3) is 5.91 Å². The van der Waals surface area contributed by atoms with E-state index in [1.54, 1.807) is 12.1 Å². The smallest absolute Gasteiger partial charge is 0.308 e. The number of benzene rings is 2. The van der Waals surface area contributed by atoms with Crippen LogP contribution in [0.4, 0.5) is 5.69 Å². The molecular formula is C22H21ClN2O5. The van der Waals surface area contributed by atoms with Crippen LogP contribution in [-0.2, 0) is 25.6 Å². The quantitative estimate of drug-likeness (QED) is 0.401. The average molecular weight is 429 g/mol. The number of hydrogen-bond donors (Lipinski definition) is 0. The van der Waals surface area contributed by atoms with Crippen molar-refractivity contribution in [2.24, 2.45) is 0 Å². The zero-order chi connectivity index (χ0) is 21.8. The second kappa shape index (κ2) is 9.09. The van der Waals surface area contributed by atoms with E-state index in [4.69, 9.17) is 16.3 Å². The summed E-state index contributed by atoms with van der Waals surface area (Å²) in [5.41, 5.74) is 1.30. The van der Waals surface area contributed by atoms with Crippen LogP contribution in [0.15, 0.2) is 48.5 Å². The lowest BCUT2D eigenvalue weighted by atomic mass is 10.1. The molecule has 0 radical (unpaired) electrons. The molecule has 156 valence electrons. The van der Waals surface area contributed by atoms with Crippen LogP contribution >= 0.6 is 11.6 Å². The maximum absolute atomic E-state index is 13.0. The van der Waals surface area contributed by atoms with Gasteiger partial charge in [0.1, 0.15) is 11.8 Å². The van der Waals surface area contributed by atoms with Gasteiger partial charge >= 0.3 is 5.97 Å². The van der Waals surface area contributed by atoms with Crippen molar-refractivity contribution in [2.75, 3.05) is 11.4 Å². The third-order valence-electron chi connectivity index (χ3n) is 4.79. The van der Waals surface area contributed by atoms with Crippen molar-refractivity contribution in [2.45, 2.75) is 32.7 Å². The summed E-state index contributed by atoms with van der Waals surface area (Å²) in [6, 6.07) is 12.5. The predicted octanol–water partition coefficient (Wildman–Crippen LogP) is 2.99. The van der Waals surface area contributed by atoms with E-state index in [0.29, 0.717) is 29.4 Å². The molecule has 1 fully saturated rings. The molecule has 0 aliphatic carbocycles. The van der Waals surface area contributed by atoms with E-state index < -0.39 is 17.9 Å². The number of esters is 1. The first kappa shape index (κ1) is 21.5. The molecule has 0 spiro atoms. The summed E-state index contributed by atoms with van der Waals surface area (Å²) < 4.78 is 4.97. The lowest BCUT2D eigenvalue weighted by Crippen LogP contribution is -2.45. The fraction of sp³-hybridized carbons (Fsp3) is 0.273. The van der Waals surface area contributed by atoms with Crippen LogP contribution in [0.5, 0.6) is 5.75 Å². The highest BCUT2D eigenvalue weighted by Gasteiger charge is 2.43. The molecule has 0 saturated carbocycles. The van der Waals surface area contributed by atoms with Crippen LogP contribution in [0.25, 0.3) is 0 Å². The van der Waals surface area contributed by atoms with Gasteiger partial charge in [-0.15, -0.1) is 0 Å². The fourth-order valence-corrected chi connectivity index (χ4v) is 3.65. The second-order valence-corrected chi connectivity index (χ2v) is 7.40. The maximum atomic E-state index is 13.0. The average Bonchev–Trinajstić information content (AvgIpc) is 2.96. The summed E-state index contributed by atoms with van der Waals surface area (Å²) >= 11 is 6.00. The number of nitrogens with zero attached hydrogens (tertiary/aromatic N) is 2. The van der Waals surface area contributed by atoms with Crippen molar-refractivity contribution < 1.29 is 23.9 Å². The summed E-state index contributed by atoms with van der Waals surface area (Å²) in [6.07, 6.45) is 0.425. The molecular weight excluding hydrogens is 408 g/mol. The van der Waals surface area contributed by atoms with Crippen LogP contribution in [0.1, 0.15) is 25.8 Å². The Kier molecular flexibility index (Phi) is 6.52. The Morgan fingerprint density at radius 2 is 1.83 bits per heavy atom. The molecule has 1 saturated heterocycles. The molecule has 1 aliphatic heterocycles. The van der Waals surface area contributed by atoms with Crippen molar-refractivity contribution in [3.05, 3.63) is 59.1 Å². The molecule has 1 heterocycles. The number of halogens is 1. The van der Waals surface area contributed by atoms with Gasteiger partial charge in [-0.3, -0.25) is 19.2 Å². The number of amides is 3. The van der Waals surface area contributed by atoms with E-state index in [9.17, 15) is 19.2 Å². The van der Waals surface area contributed by atoms with E-state index in [-0.39, 0.29) is 18.2 Å². The van der Waals surface area contributed by atoms with Gasteiger partial charge in [0.2, 0.25) is 11.8 Å². The van der Waals surface area contributed by atoms with E-state index in [1.807, 2.05) is 12.1 Å². The Balaban J connectivity index is 1.75. The summed E-state index contributed by atoms with van der Waals surface area (Å²) in [7, 11) is 0. The minimum atomic E-state index is -0.859. The Morgan fingerprint density at radius 1 is 1.13 bits per heavy atom. The van der Waals surface area contributed by atoms with Crippen LogP contribution in [-0.4, -0.2) is 41.2 Å². The summed E-state index contributed by atoms with van der Waals surface area (Å²) in [5, 5.41) is 0.595. The van der Waals surface area contributed by atoms with Crippen LogP contribution in [0.2, 0.25) is 5.02 Å². The highest BCUT2D eigenvalue weighted by molar-refractivity contribution is 6.30. The van der Waals surface area contributed by atoms with Crippen LogP contribution in [0.3, 0.4) is 0 Å². The molecule has 1 atom stereocenters. The number of anilines is 1. The van der Waals surface area contributed by atoms with Crippen molar-refractivity contribution in [1.82, 2.24) is 4.90 Å². The number of ether oxygens (including phenoxy) is 1. The fourth-order valence-electron chi connectivity index (χ4n) is 3.43. The van der Waals surface area contributed by atoms with E-state index in [0.717, 1.165) is 10.5 Å². The summed E-state index contributed by atoms with van der Waals surface area (Å²) in [6.45, 7) is 2.96. The van der Waals surface area contributed by atoms with E-state index in [2.05, 4.69) is 0 Å². The van der Waals surface area contributed by atoms with Gasteiger partial charge in [0, 0.05) is 25.4 Å². The standard InChI is InChI=1S/C22H21ClN2O5/c1-14(26)24(11-10-16-4-3-5-17(23)12-16)20-13-21(28)25(22(20)29)18-6-8-19(9-7-18)30-15(2)27/h3-9,12,20H,10-11,13H2,1-2H3. The Hall–Kier alpha value is -3.19. The molecule has 1 unspecified atom stereocenters. The molecule has 7 nitrogen and oxygen atoms in total. The van der Waals surface area contributed by atoms with Crippen molar-refractivity contribution in [1.29, 1.82) is 0 Å². The second-order valence-electron chi connectivity index (χ2n) is 6.97. The highest BCUT2D eigenvalue weighted by Crippen LogP contribution is 2.28. The first-order valence-electron chi connectivity index (χ1n) is 9.43. The molecule has 2 aromatic carbocycles. The van der Waals surface area contributed by atoms with Crippen molar-refractivity contribution >= 4 is 41.0 Å². The van der Waals surface area contributed by atoms with Crippen LogP contribution < -0.4 is 9.64 Å². The summed E-state index contributed by atoms with van der Waals surface area (Å²) in [4.78, 5) is 51.3. The number of hydrogen-bond acceptors (Lipinski definition) is 5. The lowest BCUT2D eigenvalue weighted by molar-refractivity contribution is -0.136. The third kappa shape index (κ3) is 4.86. The maximum Gasteiger partial charge on any atom is 0.308 e. The molecule has 30 heavy (non-hydrogen) atoms. The molecule has 0 N–H and O–H groups in total. The normalized spacial score (nSPS) is 16.0. The largest absolute Gasteiger partial charge is 0.427 e. The first-order chi connectivity index (χ1) is 14.3. The topological polar surface area (TPSA) is 84.0 Å². The number of carbonyl (C=O) groups excluding carboxylic acids is 4. The molecule has 0 bridgehead atoms. The molecule has 3 rings (SSSR count). The van der Waals surface area contributed by atoms with Crippen molar-refractivity contribution in [3.63, 3.8) is 0 Å². The molecule has 2 aromatic rings. The van der Waals surface area contributed by atoms with Gasteiger partial charge in [-0.1, -0.05) is 23.7 Å². The zero-order valence-corrected chi connectivity index (χ0v) is 17.4. The van der Waals surface area contributed by atoms with Gasteiger partial charge < -0.3 is 9.64 Å². The third-order valence-corrected chi connectivity index (χ3v) is 5.03. The highest BCUT2D eigenvalue weighted by atomic mass is 35.5. The van der Waals surface area contributed by atoms with Crippen LogP contribution in [0, 0.1) is 0 Å². The monoisotopic (exact) mass is 428 g/mol. The minimum absolute atomic E-state index is 0.0837. The Morgan fingerprint density at radius 3 is 2.43 bits per heavy atom. The predicted molar refractivity (Wildman–Crippen MR) is 111 cm³/mol. The Labute approximate surface area is 179 Å². The van der Waals surface area contributed by atoms with Gasteiger partial charge in [-0.2, -0.15) is 0 Å². The molecule has 3 amide bonds. The van der Waals surface area contributed by atoms with Crippen molar-refractivity contribution in [3.8, 4) is 5.75 Å². The molecule has 0 aromatic heterocycles. The number of imide groups is 1. The van der Waals surface area contributed by atoms with E-state index in [1.165, 1.54) is 43.0 Å². The summed E-state index contributed by atoms with van der Waals surface area (Å²) in [5.74, 6) is -1.28. The zero-order valence-electron chi connectivity index (χ0n) is 16.6. The molecule has 8 heteroatoms. The van der Waals surface area contributed by atoms with E-state index >= 15 is 0 Å². The number of rotatable bonds is 6. The lowest BCUT2D eigenvalue weighted by Gasteiger charge is -2.26. The Bertz CT molecular complexity index is 989.